The summed E-state index contributed by atoms with van der Waals surface area (Å²) in [4.78, 5) is 52.3. The molecule has 5 rings (SSSR count). The monoisotopic (exact) mass is 592 g/mol. The zero-order valence-electron chi connectivity index (χ0n) is 24.8. The van der Waals surface area contributed by atoms with E-state index in [1.165, 1.54) is 4.68 Å². The maximum atomic E-state index is 13.3. The summed E-state index contributed by atoms with van der Waals surface area (Å²) in [5, 5.41) is 13.0. The highest BCUT2D eigenvalue weighted by atomic mass is 16.5. The van der Waals surface area contributed by atoms with Gasteiger partial charge in [0, 0.05) is 47.0 Å². The number of carbonyl (C=O) groups excluding carboxylic acids is 4. The molecule has 224 valence electrons. The quantitative estimate of drug-likeness (QED) is 0.142. The van der Waals surface area contributed by atoms with E-state index in [1.807, 2.05) is 24.3 Å². The summed E-state index contributed by atoms with van der Waals surface area (Å²) < 4.78 is 6.76. The predicted octanol–water partition coefficient (Wildman–Crippen LogP) is 4.22. The van der Waals surface area contributed by atoms with Crippen LogP contribution in [-0.4, -0.2) is 58.9 Å². The highest BCUT2D eigenvalue weighted by Crippen LogP contribution is 2.33. The molecule has 2 amide bonds. The minimum absolute atomic E-state index is 0.175. The maximum absolute atomic E-state index is 13.3. The van der Waals surface area contributed by atoms with Crippen LogP contribution in [0, 0.1) is 6.92 Å². The molecule has 1 aliphatic heterocycles. The molecular formula is C33H32N6O5. The third-order valence-electron chi connectivity index (χ3n) is 6.86. The van der Waals surface area contributed by atoms with Gasteiger partial charge in [-0.1, -0.05) is 36.4 Å². The number of benzene rings is 3. The average molecular weight is 593 g/mol. The zero-order chi connectivity index (χ0) is 31.4. The van der Waals surface area contributed by atoms with E-state index in [0.29, 0.717) is 39.3 Å². The summed E-state index contributed by atoms with van der Waals surface area (Å²) >= 11 is 0. The topological polar surface area (TPSA) is 135 Å². The maximum Gasteiger partial charge on any atom is 0.320 e. The standard InChI is InChI=1S/C33H32N6O5/c1-20-14-29(39(4)37-20)33(43)35-25-7-5-6-22(15-25)31(41)23-10-13-26-27(32(42)36-28(26)16-23)17-34-24-11-8-21(9-12-24)19-44-30(40)18-38(2)3/h5-17,34H,18-19H2,1-4H3,(H,35,43)(H,36,42). The number of carbonyl (C=O) groups is 4. The van der Waals surface area contributed by atoms with E-state index in [-0.39, 0.29) is 36.7 Å². The molecule has 44 heavy (non-hydrogen) atoms. The molecule has 1 aliphatic rings. The lowest BCUT2D eigenvalue weighted by Gasteiger charge is -2.10. The van der Waals surface area contributed by atoms with E-state index in [0.717, 1.165) is 16.9 Å². The lowest BCUT2D eigenvalue weighted by molar-refractivity contribution is -0.145. The Morgan fingerprint density at radius 3 is 2.43 bits per heavy atom. The van der Waals surface area contributed by atoms with Crippen molar-refractivity contribution >= 4 is 46.2 Å². The molecule has 0 aliphatic carbocycles. The zero-order valence-corrected chi connectivity index (χ0v) is 24.8. The number of rotatable bonds is 10. The smallest absolute Gasteiger partial charge is 0.320 e. The van der Waals surface area contributed by atoms with E-state index in [2.05, 4.69) is 21.0 Å². The SMILES string of the molecule is Cc1cc(C(=O)Nc2cccc(C(=O)c3ccc4c(c3)NC(=O)C4=CNc3ccc(COC(=O)CN(C)C)cc3)c2)n(C)n1. The number of esters is 1. The van der Waals surface area contributed by atoms with Crippen LogP contribution in [0.1, 0.15) is 43.2 Å². The molecule has 0 bridgehead atoms. The van der Waals surface area contributed by atoms with Crippen LogP contribution in [0.5, 0.6) is 0 Å². The van der Waals surface area contributed by atoms with Crippen molar-refractivity contribution in [3.05, 3.63) is 113 Å². The molecular weight excluding hydrogens is 560 g/mol. The number of nitrogens with zero attached hydrogens (tertiary/aromatic N) is 3. The van der Waals surface area contributed by atoms with E-state index in [4.69, 9.17) is 4.74 Å². The molecule has 2 heterocycles. The lowest BCUT2D eigenvalue weighted by atomic mass is 9.99. The number of amides is 2. The minimum Gasteiger partial charge on any atom is -0.460 e. The summed E-state index contributed by atoms with van der Waals surface area (Å²) in [6.45, 7) is 2.20. The van der Waals surface area contributed by atoms with E-state index in [1.54, 1.807) is 87.7 Å². The number of anilines is 3. The Bertz CT molecular complexity index is 1790. The van der Waals surface area contributed by atoms with Crippen molar-refractivity contribution in [2.75, 3.05) is 36.6 Å². The summed E-state index contributed by atoms with van der Waals surface area (Å²) in [6.07, 6.45) is 1.62. The van der Waals surface area contributed by atoms with Gasteiger partial charge >= 0.3 is 5.97 Å². The van der Waals surface area contributed by atoms with Gasteiger partial charge in [0.25, 0.3) is 11.8 Å². The number of hydrogen-bond donors (Lipinski definition) is 3. The molecule has 11 heteroatoms. The van der Waals surface area contributed by atoms with Gasteiger partial charge in [0.2, 0.25) is 0 Å². The number of aryl methyl sites for hydroxylation is 2. The molecule has 1 aromatic heterocycles. The molecule has 3 aromatic carbocycles. The van der Waals surface area contributed by atoms with Gasteiger partial charge in [-0.15, -0.1) is 0 Å². The Labute approximate surface area is 254 Å². The highest BCUT2D eigenvalue weighted by Gasteiger charge is 2.25. The third-order valence-corrected chi connectivity index (χ3v) is 6.86. The first kappa shape index (κ1) is 29.9. The van der Waals surface area contributed by atoms with Gasteiger partial charge in [0.15, 0.2) is 5.78 Å². The van der Waals surface area contributed by atoms with Gasteiger partial charge < -0.3 is 20.7 Å². The number of hydrogen-bond acceptors (Lipinski definition) is 8. The molecule has 0 fully saturated rings. The third kappa shape index (κ3) is 6.90. The van der Waals surface area contributed by atoms with Crippen LogP contribution < -0.4 is 16.0 Å². The molecule has 0 atom stereocenters. The van der Waals surface area contributed by atoms with E-state index < -0.39 is 0 Å². The van der Waals surface area contributed by atoms with E-state index in [9.17, 15) is 19.2 Å². The minimum atomic E-state index is -0.331. The first-order chi connectivity index (χ1) is 21.1. The number of aromatic nitrogens is 2. The van der Waals surface area contributed by atoms with Gasteiger partial charge in [0.05, 0.1) is 17.8 Å². The molecule has 0 radical (unpaired) electrons. The fourth-order valence-corrected chi connectivity index (χ4v) is 4.72. The molecule has 0 saturated carbocycles. The first-order valence-corrected chi connectivity index (χ1v) is 13.9. The molecule has 0 unspecified atom stereocenters. The number of likely N-dealkylation sites (N-methyl/N-ethyl adjacent to an activating group) is 1. The van der Waals surface area contributed by atoms with Crippen LogP contribution in [0.15, 0.2) is 79.0 Å². The lowest BCUT2D eigenvalue weighted by Crippen LogP contribution is -2.23. The number of nitrogens with one attached hydrogen (secondary N) is 3. The van der Waals surface area contributed by atoms with Crippen LogP contribution in [0.25, 0.3) is 5.57 Å². The van der Waals surface area contributed by atoms with Crippen LogP contribution >= 0.6 is 0 Å². The van der Waals surface area contributed by atoms with Gasteiger partial charge in [-0.2, -0.15) is 5.10 Å². The summed E-state index contributed by atoms with van der Waals surface area (Å²) in [5.74, 6) is -1.18. The van der Waals surface area contributed by atoms with Crippen LogP contribution in [0.4, 0.5) is 17.1 Å². The van der Waals surface area contributed by atoms with E-state index >= 15 is 0 Å². The van der Waals surface area contributed by atoms with Gasteiger partial charge in [-0.3, -0.25) is 28.8 Å². The second-order valence-electron chi connectivity index (χ2n) is 10.7. The number of ether oxygens (including phenoxy) is 1. The fraction of sp³-hybridized carbons (Fsp3) is 0.182. The Morgan fingerprint density at radius 2 is 1.73 bits per heavy atom. The van der Waals surface area contributed by atoms with Gasteiger partial charge in [-0.05, 0) is 63.0 Å². The Morgan fingerprint density at radius 1 is 0.977 bits per heavy atom. The second-order valence-corrected chi connectivity index (χ2v) is 10.7. The fourth-order valence-electron chi connectivity index (χ4n) is 4.72. The average Bonchev–Trinajstić information content (AvgIpc) is 3.50. The summed E-state index contributed by atoms with van der Waals surface area (Å²) in [6, 6.07) is 20.8. The molecule has 3 N–H and O–H groups in total. The van der Waals surface area contributed by atoms with Crippen molar-refractivity contribution in [3.63, 3.8) is 0 Å². The summed E-state index contributed by atoms with van der Waals surface area (Å²) in [5.41, 5.74) is 5.60. The Hall–Kier alpha value is -5.55. The van der Waals surface area contributed by atoms with Crippen LogP contribution in [0.2, 0.25) is 0 Å². The highest BCUT2D eigenvalue weighted by molar-refractivity contribution is 6.32. The molecule has 0 spiro atoms. The number of ketones is 1. The van der Waals surface area contributed by atoms with Crippen molar-refractivity contribution in [3.8, 4) is 0 Å². The summed E-state index contributed by atoms with van der Waals surface area (Å²) in [7, 11) is 5.29. The van der Waals surface area contributed by atoms with Crippen LogP contribution in [-0.2, 0) is 28.0 Å². The second kappa shape index (κ2) is 12.8. The first-order valence-electron chi connectivity index (χ1n) is 13.9. The van der Waals surface area contributed by atoms with Crippen molar-refractivity contribution in [1.29, 1.82) is 0 Å². The molecule has 0 saturated heterocycles. The van der Waals surface area contributed by atoms with Gasteiger partial charge in [0.1, 0.15) is 12.3 Å². The Kier molecular flexibility index (Phi) is 8.68. The molecule has 4 aromatic rings. The predicted molar refractivity (Wildman–Crippen MR) is 167 cm³/mol. The molecule has 11 nitrogen and oxygen atoms in total. The normalized spacial score (nSPS) is 13.0. The van der Waals surface area contributed by atoms with Gasteiger partial charge in [-0.25, -0.2) is 0 Å². The van der Waals surface area contributed by atoms with Crippen LogP contribution in [0.3, 0.4) is 0 Å². The van der Waals surface area contributed by atoms with Crippen molar-refractivity contribution in [2.24, 2.45) is 7.05 Å². The number of fused-ring (bicyclic) bond motifs is 1. The van der Waals surface area contributed by atoms with Crippen molar-refractivity contribution in [2.45, 2.75) is 13.5 Å². The van der Waals surface area contributed by atoms with Crippen molar-refractivity contribution < 1.29 is 23.9 Å². The Balaban J connectivity index is 1.24. The largest absolute Gasteiger partial charge is 0.460 e. The van der Waals surface area contributed by atoms with Crippen molar-refractivity contribution in [1.82, 2.24) is 14.7 Å².